The lowest BCUT2D eigenvalue weighted by Gasteiger charge is -2.14. The van der Waals surface area contributed by atoms with Gasteiger partial charge >= 0.3 is 7.12 Å². The monoisotopic (exact) mass is 388 g/mol. The van der Waals surface area contributed by atoms with Gasteiger partial charge in [-0.25, -0.2) is 4.39 Å². The highest BCUT2D eigenvalue weighted by atomic mass is 19.1. The van der Waals surface area contributed by atoms with E-state index in [4.69, 9.17) is 4.74 Å². The fourth-order valence-electron chi connectivity index (χ4n) is 2.78. The molecule has 0 atom stereocenters. The van der Waals surface area contributed by atoms with Crippen molar-refractivity contribution in [3.63, 3.8) is 0 Å². The molecule has 148 valence electrons. The molecule has 0 unspecified atom stereocenters. The minimum atomic E-state index is -2.12. The van der Waals surface area contributed by atoms with Crippen LogP contribution in [0.3, 0.4) is 0 Å². The first-order chi connectivity index (χ1) is 13.2. The molecule has 2 rings (SSSR count). The zero-order valence-electron chi connectivity index (χ0n) is 15.9. The van der Waals surface area contributed by atoms with E-state index in [1.165, 1.54) is 12.1 Å². The summed E-state index contributed by atoms with van der Waals surface area (Å²) in [6, 6.07) is 7.76. The summed E-state index contributed by atoms with van der Waals surface area (Å²) in [5, 5.41) is 18.9. The fourth-order valence-corrected chi connectivity index (χ4v) is 2.78. The molecule has 0 radical (unpaired) electrons. The topological polar surface area (TPSA) is 108 Å². The number of halogens is 1. The van der Waals surface area contributed by atoms with Gasteiger partial charge in [-0.2, -0.15) is 0 Å². The molecule has 0 saturated carbocycles. The van der Waals surface area contributed by atoms with E-state index in [2.05, 4.69) is 10.9 Å². The summed E-state index contributed by atoms with van der Waals surface area (Å²) in [5.41, 5.74) is 5.79. The molecule has 28 heavy (non-hydrogen) atoms. The molecule has 9 heteroatoms. The average Bonchev–Trinajstić information content (AvgIpc) is 2.62. The number of benzene rings is 2. The van der Waals surface area contributed by atoms with Crippen LogP contribution in [0.1, 0.15) is 44.3 Å². The van der Waals surface area contributed by atoms with E-state index >= 15 is 0 Å². The lowest BCUT2D eigenvalue weighted by atomic mass is 9.75. The molecule has 0 heterocycles. The third-order valence-corrected chi connectivity index (χ3v) is 4.01. The lowest BCUT2D eigenvalue weighted by molar-refractivity contribution is 0.0844. The first kappa shape index (κ1) is 21.6. The second kappa shape index (κ2) is 9.45. The van der Waals surface area contributed by atoms with Crippen molar-refractivity contribution in [2.75, 3.05) is 6.61 Å². The number of ether oxygens (including phenoxy) is 1. The number of aryl methyl sites for hydroxylation is 2. The molecule has 0 aliphatic rings. The smallest absolute Gasteiger partial charge is 0.423 e. The van der Waals surface area contributed by atoms with E-state index in [1.54, 1.807) is 19.1 Å². The number of hydrogen-bond acceptors (Lipinski definition) is 5. The third-order valence-electron chi connectivity index (χ3n) is 4.01. The van der Waals surface area contributed by atoms with Crippen molar-refractivity contribution in [1.29, 1.82) is 0 Å². The molecule has 2 aromatic rings. The summed E-state index contributed by atoms with van der Waals surface area (Å²) >= 11 is 0. The zero-order valence-corrected chi connectivity index (χ0v) is 15.9. The van der Waals surface area contributed by atoms with E-state index in [0.717, 1.165) is 11.1 Å². The largest absolute Gasteiger partial charge is 0.491 e. The molecular formula is C19H22BFN2O5. The highest BCUT2D eigenvalue weighted by molar-refractivity contribution is 6.59. The van der Waals surface area contributed by atoms with E-state index < -0.39 is 35.8 Å². The number of carbonyl (C=O) groups excluding carboxylic acids is 2. The molecule has 0 fully saturated rings. The van der Waals surface area contributed by atoms with Crippen molar-refractivity contribution in [2.24, 2.45) is 0 Å². The number of amides is 2. The Kier molecular flexibility index (Phi) is 7.27. The Morgan fingerprint density at radius 1 is 1.07 bits per heavy atom. The van der Waals surface area contributed by atoms with Crippen molar-refractivity contribution in [2.45, 2.75) is 27.4 Å². The normalized spacial score (nSPS) is 10.5. The van der Waals surface area contributed by atoms with Gasteiger partial charge in [0, 0.05) is 17.6 Å². The number of hydrogen-bond donors (Lipinski definition) is 4. The Morgan fingerprint density at radius 2 is 1.68 bits per heavy atom. The van der Waals surface area contributed by atoms with E-state index in [0.29, 0.717) is 12.2 Å². The van der Waals surface area contributed by atoms with Crippen LogP contribution in [0.4, 0.5) is 4.39 Å². The van der Waals surface area contributed by atoms with Gasteiger partial charge in [0.05, 0.1) is 12.2 Å². The second-order valence-corrected chi connectivity index (χ2v) is 6.30. The Balaban J connectivity index is 2.17. The lowest BCUT2D eigenvalue weighted by Crippen LogP contribution is -2.44. The summed E-state index contributed by atoms with van der Waals surface area (Å²) in [5.74, 6) is -2.58. The minimum absolute atomic E-state index is 0.0360. The van der Waals surface area contributed by atoms with Gasteiger partial charge in [0.25, 0.3) is 11.8 Å². The standard InChI is InChI=1S/C19H22BFN2O5/c1-4-28-10-13-5-6-15(17(21)16(13)20(26)27)19(25)23-22-18(24)14-8-11(2)7-12(3)9-14/h5-9,26-27H,4,10H2,1-3H3,(H,22,24)(H,23,25). The average molecular weight is 388 g/mol. The first-order valence-electron chi connectivity index (χ1n) is 8.68. The maximum Gasteiger partial charge on any atom is 0.491 e. The maximum absolute atomic E-state index is 14.7. The van der Waals surface area contributed by atoms with Crippen LogP contribution in [-0.4, -0.2) is 35.6 Å². The molecule has 0 aliphatic heterocycles. The second-order valence-electron chi connectivity index (χ2n) is 6.30. The van der Waals surface area contributed by atoms with Crippen molar-refractivity contribution in [1.82, 2.24) is 10.9 Å². The van der Waals surface area contributed by atoms with E-state index in [-0.39, 0.29) is 12.2 Å². The van der Waals surface area contributed by atoms with Crippen LogP contribution in [0.25, 0.3) is 0 Å². The van der Waals surface area contributed by atoms with Crippen LogP contribution in [0, 0.1) is 19.7 Å². The summed E-state index contributed by atoms with van der Waals surface area (Å²) in [6.45, 7) is 5.74. The molecule has 2 aromatic carbocycles. The summed E-state index contributed by atoms with van der Waals surface area (Å²) in [7, 11) is -2.12. The van der Waals surface area contributed by atoms with Gasteiger partial charge in [0.2, 0.25) is 0 Å². The summed E-state index contributed by atoms with van der Waals surface area (Å²) < 4.78 is 19.8. The molecule has 2 amide bonds. The van der Waals surface area contributed by atoms with Gasteiger partial charge in [-0.15, -0.1) is 0 Å². The molecule has 0 aliphatic carbocycles. The first-order valence-corrected chi connectivity index (χ1v) is 8.68. The molecule has 0 bridgehead atoms. The van der Waals surface area contributed by atoms with Crippen LogP contribution in [0.2, 0.25) is 0 Å². The molecule has 7 nitrogen and oxygen atoms in total. The molecular weight excluding hydrogens is 366 g/mol. The van der Waals surface area contributed by atoms with Crippen LogP contribution in [-0.2, 0) is 11.3 Å². The van der Waals surface area contributed by atoms with Crippen LogP contribution in [0.15, 0.2) is 30.3 Å². The van der Waals surface area contributed by atoms with Gasteiger partial charge in [-0.3, -0.25) is 20.4 Å². The van der Waals surface area contributed by atoms with Crippen molar-refractivity contribution in [3.05, 3.63) is 64.0 Å². The van der Waals surface area contributed by atoms with Gasteiger partial charge in [-0.05, 0) is 44.5 Å². The van der Waals surface area contributed by atoms with Gasteiger partial charge < -0.3 is 14.8 Å². The Hall–Kier alpha value is -2.75. The zero-order chi connectivity index (χ0) is 20.8. The fraction of sp³-hybridized carbons (Fsp3) is 0.263. The number of hydrazine groups is 1. The van der Waals surface area contributed by atoms with E-state index in [1.807, 2.05) is 19.9 Å². The maximum atomic E-state index is 14.7. The highest BCUT2D eigenvalue weighted by Gasteiger charge is 2.26. The Morgan fingerprint density at radius 3 is 2.25 bits per heavy atom. The van der Waals surface area contributed by atoms with Gasteiger partial charge in [0.1, 0.15) is 5.82 Å². The van der Waals surface area contributed by atoms with Crippen molar-refractivity contribution >= 4 is 24.4 Å². The minimum Gasteiger partial charge on any atom is -0.423 e. The number of rotatable bonds is 6. The van der Waals surface area contributed by atoms with E-state index in [9.17, 15) is 24.0 Å². The quantitative estimate of drug-likeness (QED) is 0.431. The molecule has 0 saturated heterocycles. The van der Waals surface area contributed by atoms with Crippen LogP contribution < -0.4 is 16.3 Å². The highest BCUT2D eigenvalue weighted by Crippen LogP contribution is 2.11. The Labute approximate surface area is 162 Å². The van der Waals surface area contributed by atoms with Crippen LogP contribution >= 0.6 is 0 Å². The van der Waals surface area contributed by atoms with Crippen LogP contribution in [0.5, 0.6) is 0 Å². The number of nitrogens with one attached hydrogen (secondary N) is 2. The van der Waals surface area contributed by atoms with Crippen molar-refractivity contribution in [3.8, 4) is 0 Å². The summed E-state index contributed by atoms with van der Waals surface area (Å²) in [4.78, 5) is 24.5. The predicted molar refractivity (Wildman–Crippen MR) is 102 cm³/mol. The number of carbonyl (C=O) groups is 2. The molecule has 0 aromatic heterocycles. The SMILES string of the molecule is CCOCc1ccc(C(=O)NNC(=O)c2cc(C)cc(C)c2)c(F)c1B(O)O. The summed E-state index contributed by atoms with van der Waals surface area (Å²) in [6.07, 6.45) is 0. The molecule has 0 spiro atoms. The third kappa shape index (κ3) is 5.16. The van der Waals surface area contributed by atoms with Gasteiger partial charge in [0.15, 0.2) is 0 Å². The van der Waals surface area contributed by atoms with Crippen molar-refractivity contribution < 1.29 is 28.8 Å². The predicted octanol–water partition coefficient (Wildman–Crippen LogP) is 0.734. The Bertz CT molecular complexity index is 869. The van der Waals surface area contributed by atoms with Gasteiger partial charge in [-0.1, -0.05) is 23.3 Å². The molecule has 4 N–H and O–H groups in total.